The molecule has 0 spiro atoms. The normalized spacial score (nSPS) is 21.0. The SMILES string of the molecule is CC(C)(C)OC(=O)NC1=N[C@@](c2cc(N)ccc2F)(C(F)F)COC1. The first-order valence-electron chi connectivity index (χ1n) is 7.53. The summed E-state index contributed by atoms with van der Waals surface area (Å²) < 4.78 is 52.0. The molecule has 1 aromatic carbocycles. The van der Waals surface area contributed by atoms with Gasteiger partial charge in [0.1, 0.15) is 23.9 Å². The summed E-state index contributed by atoms with van der Waals surface area (Å²) in [5.41, 5.74) is 2.22. The van der Waals surface area contributed by atoms with E-state index in [0.29, 0.717) is 0 Å². The molecule has 0 aromatic heterocycles. The van der Waals surface area contributed by atoms with E-state index in [4.69, 9.17) is 15.2 Å². The summed E-state index contributed by atoms with van der Waals surface area (Å²) in [5, 5.41) is 2.27. The van der Waals surface area contributed by atoms with Gasteiger partial charge in [0.2, 0.25) is 0 Å². The van der Waals surface area contributed by atoms with Crippen LogP contribution < -0.4 is 11.1 Å². The highest BCUT2D eigenvalue weighted by atomic mass is 19.3. The van der Waals surface area contributed by atoms with Crippen LogP contribution >= 0.6 is 0 Å². The first-order valence-corrected chi connectivity index (χ1v) is 7.53. The molecule has 9 heteroatoms. The molecule has 138 valence electrons. The first-order chi connectivity index (χ1) is 11.5. The third kappa shape index (κ3) is 4.41. The van der Waals surface area contributed by atoms with Crippen molar-refractivity contribution in [1.29, 1.82) is 0 Å². The third-order valence-corrected chi connectivity index (χ3v) is 3.36. The largest absolute Gasteiger partial charge is 0.444 e. The summed E-state index contributed by atoms with van der Waals surface area (Å²) in [6.45, 7) is 4.19. The van der Waals surface area contributed by atoms with E-state index in [9.17, 15) is 18.0 Å². The first kappa shape index (κ1) is 19.0. The molecule has 6 nitrogen and oxygen atoms in total. The van der Waals surface area contributed by atoms with Crippen LogP contribution in [-0.4, -0.2) is 37.2 Å². The van der Waals surface area contributed by atoms with Crippen LogP contribution in [0.15, 0.2) is 23.2 Å². The Kier molecular flexibility index (Phi) is 5.26. The van der Waals surface area contributed by atoms with E-state index >= 15 is 0 Å². The average Bonchev–Trinajstić information content (AvgIpc) is 2.47. The zero-order valence-electron chi connectivity index (χ0n) is 14.1. The van der Waals surface area contributed by atoms with E-state index in [1.807, 2.05) is 0 Å². The van der Waals surface area contributed by atoms with E-state index in [2.05, 4.69) is 10.3 Å². The van der Waals surface area contributed by atoms with Crippen molar-refractivity contribution in [3.63, 3.8) is 0 Å². The van der Waals surface area contributed by atoms with Gasteiger partial charge in [-0.3, -0.25) is 5.32 Å². The summed E-state index contributed by atoms with van der Waals surface area (Å²) in [6, 6.07) is 3.33. The number of nitrogen functional groups attached to an aromatic ring is 1. The van der Waals surface area contributed by atoms with Crippen molar-refractivity contribution in [2.75, 3.05) is 18.9 Å². The molecule has 1 atom stereocenters. The number of aliphatic imine (C=N–C) groups is 1. The molecule has 0 bridgehead atoms. The van der Waals surface area contributed by atoms with Crippen molar-refractivity contribution >= 4 is 17.6 Å². The highest BCUT2D eigenvalue weighted by Gasteiger charge is 2.46. The monoisotopic (exact) mass is 359 g/mol. The van der Waals surface area contributed by atoms with Gasteiger partial charge in [0.25, 0.3) is 6.43 Å². The Morgan fingerprint density at radius 2 is 2.12 bits per heavy atom. The standard InChI is InChI=1S/C16H20F3N3O3/c1-15(2,3)25-14(23)21-12-7-24-8-16(22-12,13(18)19)10-6-9(20)4-5-11(10)17/h4-6,13H,7-8,20H2,1-3H3,(H,21,22,23)/t16-/m0/s1. The predicted molar refractivity (Wildman–Crippen MR) is 86.1 cm³/mol. The lowest BCUT2D eigenvalue weighted by molar-refractivity contribution is -0.0156. The number of benzene rings is 1. The maximum Gasteiger partial charge on any atom is 0.413 e. The van der Waals surface area contributed by atoms with Crippen LogP contribution in [0, 0.1) is 5.82 Å². The van der Waals surface area contributed by atoms with E-state index in [0.717, 1.165) is 12.1 Å². The number of nitrogens with zero attached hydrogens (tertiary/aromatic N) is 1. The Bertz CT molecular complexity index is 689. The molecule has 1 heterocycles. The Balaban J connectivity index is 2.38. The van der Waals surface area contributed by atoms with Crippen molar-refractivity contribution in [3.05, 3.63) is 29.6 Å². The van der Waals surface area contributed by atoms with Crippen molar-refractivity contribution in [1.82, 2.24) is 5.32 Å². The number of rotatable bonds is 2. The fourth-order valence-corrected chi connectivity index (χ4v) is 2.34. The van der Waals surface area contributed by atoms with Gasteiger partial charge in [-0.15, -0.1) is 0 Å². The minimum atomic E-state index is -3.08. The Morgan fingerprint density at radius 3 is 2.72 bits per heavy atom. The molecular weight excluding hydrogens is 339 g/mol. The van der Waals surface area contributed by atoms with E-state index in [1.54, 1.807) is 20.8 Å². The Hall–Kier alpha value is -2.29. The molecule has 0 radical (unpaired) electrons. The number of halogens is 3. The lowest BCUT2D eigenvalue weighted by Gasteiger charge is -2.34. The lowest BCUT2D eigenvalue weighted by Crippen LogP contribution is -2.48. The highest BCUT2D eigenvalue weighted by Crippen LogP contribution is 2.37. The number of ether oxygens (including phenoxy) is 2. The molecule has 2 rings (SSSR count). The van der Waals surface area contributed by atoms with Gasteiger partial charge in [0.15, 0.2) is 5.54 Å². The quantitative estimate of drug-likeness (QED) is 0.795. The minimum absolute atomic E-state index is 0.110. The van der Waals surface area contributed by atoms with Crippen LogP contribution in [0.4, 0.5) is 23.7 Å². The number of alkyl halides is 2. The van der Waals surface area contributed by atoms with Crippen LogP contribution in [0.1, 0.15) is 26.3 Å². The van der Waals surface area contributed by atoms with Crippen molar-refractivity contribution < 1.29 is 27.4 Å². The van der Waals surface area contributed by atoms with E-state index in [-0.39, 0.29) is 18.1 Å². The second kappa shape index (κ2) is 6.91. The summed E-state index contributed by atoms with van der Waals surface area (Å²) in [6.07, 6.45) is -3.95. The molecule has 1 aliphatic rings. The Morgan fingerprint density at radius 1 is 1.44 bits per heavy atom. The van der Waals surface area contributed by atoms with Gasteiger partial charge >= 0.3 is 6.09 Å². The number of carbonyl (C=O) groups excluding carboxylic acids is 1. The smallest absolute Gasteiger partial charge is 0.413 e. The number of amidine groups is 1. The molecule has 0 fully saturated rings. The summed E-state index contributed by atoms with van der Waals surface area (Å²) in [7, 11) is 0. The second-order valence-corrected chi connectivity index (χ2v) is 6.64. The topological polar surface area (TPSA) is 85.9 Å². The fourth-order valence-electron chi connectivity index (χ4n) is 2.34. The number of amides is 1. The highest BCUT2D eigenvalue weighted by molar-refractivity contribution is 5.96. The van der Waals surface area contributed by atoms with Crippen LogP contribution in [0.3, 0.4) is 0 Å². The van der Waals surface area contributed by atoms with Gasteiger partial charge in [-0.2, -0.15) is 0 Å². The van der Waals surface area contributed by atoms with Crippen molar-refractivity contribution in [2.24, 2.45) is 4.99 Å². The summed E-state index contributed by atoms with van der Waals surface area (Å²) in [5.74, 6) is -1.07. The molecule has 0 unspecified atom stereocenters. The molecular formula is C16H20F3N3O3. The molecule has 0 saturated heterocycles. The van der Waals surface area contributed by atoms with Crippen LogP contribution in [0.5, 0.6) is 0 Å². The number of carbonyl (C=O) groups is 1. The molecule has 3 N–H and O–H groups in total. The number of anilines is 1. The maximum absolute atomic E-state index is 14.1. The number of hydrogen-bond acceptors (Lipinski definition) is 5. The van der Waals surface area contributed by atoms with Crippen LogP contribution in [0.25, 0.3) is 0 Å². The number of nitrogens with one attached hydrogen (secondary N) is 1. The lowest BCUT2D eigenvalue weighted by atomic mass is 9.90. The number of nitrogens with two attached hydrogens (primary N) is 1. The average molecular weight is 359 g/mol. The van der Waals surface area contributed by atoms with Crippen LogP contribution in [-0.2, 0) is 15.0 Å². The van der Waals surface area contributed by atoms with Crippen molar-refractivity contribution in [2.45, 2.75) is 38.3 Å². The molecule has 25 heavy (non-hydrogen) atoms. The van der Waals surface area contributed by atoms with Gasteiger partial charge in [-0.05, 0) is 39.0 Å². The predicted octanol–water partition coefficient (Wildman–Crippen LogP) is 2.82. The molecule has 0 saturated carbocycles. The molecule has 1 amide bonds. The molecule has 1 aliphatic heterocycles. The molecule has 0 aliphatic carbocycles. The molecule has 1 aromatic rings. The zero-order valence-corrected chi connectivity index (χ0v) is 14.1. The fraction of sp³-hybridized carbons (Fsp3) is 0.500. The van der Waals surface area contributed by atoms with Gasteiger partial charge < -0.3 is 15.2 Å². The van der Waals surface area contributed by atoms with Gasteiger partial charge in [-0.25, -0.2) is 23.0 Å². The van der Waals surface area contributed by atoms with Gasteiger partial charge in [-0.1, -0.05) is 0 Å². The minimum Gasteiger partial charge on any atom is -0.444 e. The van der Waals surface area contributed by atoms with Gasteiger partial charge in [0, 0.05) is 11.3 Å². The van der Waals surface area contributed by atoms with Crippen LogP contribution in [0.2, 0.25) is 0 Å². The summed E-state index contributed by atoms with van der Waals surface area (Å²) >= 11 is 0. The number of hydrogen-bond donors (Lipinski definition) is 2. The zero-order chi connectivity index (χ0) is 18.8. The van der Waals surface area contributed by atoms with Crippen molar-refractivity contribution in [3.8, 4) is 0 Å². The van der Waals surface area contributed by atoms with E-state index in [1.165, 1.54) is 6.07 Å². The van der Waals surface area contributed by atoms with E-state index < -0.39 is 41.6 Å². The van der Waals surface area contributed by atoms with Gasteiger partial charge in [0.05, 0.1) is 6.61 Å². The number of alkyl carbamates (subject to hydrolysis) is 1. The maximum atomic E-state index is 14.1. The third-order valence-electron chi connectivity index (χ3n) is 3.36. The summed E-state index contributed by atoms with van der Waals surface area (Å²) in [4.78, 5) is 15.7. The second-order valence-electron chi connectivity index (χ2n) is 6.64. The Labute approximate surface area is 143 Å².